The first-order valence-electron chi connectivity index (χ1n) is 9.63. The highest BCUT2D eigenvalue weighted by molar-refractivity contribution is 5.47. The van der Waals surface area contributed by atoms with E-state index in [4.69, 9.17) is 4.74 Å². The van der Waals surface area contributed by atoms with Crippen molar-refractivity contribution in [3.63, 3.8) is 0 Å². The molecule has 28 heavy (non-hydrogen) atoms. The Balaban J connectivity index is 1.47. The summed E-state index contributed by atoms with van der Waals surface area (Å²) in [5, 5.41) is 7.93. The van der Waals surface area contributed by atoms with Gasteiger partial charge in [0.25, 0.3) is 11.1 Å². The van der Waals surface area contributed by atoms with Crippen LogP contribution >= 0.6 is 0 Å². The van der Waals surface area contributed by atoms with E-state index < -0.39 is 0 Å². The van der Waals surface area contributed by atoms with Crippen molar-refractivity contribution in [2.24, 2.45) is 0 Å². The van der Waals surface area contributed by atoms with Gasteiger partial charge in [0.05, 0.1) is 24.9 Å². The monoisotopic (exact) mass is 379 g/mol. The van der Waals surface area contributed by atoms with E-state index in [1.54, 1.807) is 29.1 Å². The number of nitrogens with one attached hydrogen (secondary N) is 1. The third-order valence-electron chi connectivity index (χ3n) is 5.50. The first-order valence-corrected chi connectivity index (χ1v) is 9.63. The van der Waals surface area contributed by atoms with E-state index in [1.165, 1.54) is 10.5 Å². The average Bonchev–Trinajstić information content (AvgIpc) is 3.15. The van der Waals surface area contributed by atoms with Crippen LogP contribution in [-0.4, -0.2) is 38.4 Å². The molecule has 8 heteroatoms. The minimum atomic E-state index is -0.240. The smallest absolute Gasteiger partial charge is 0.267 e. The molecule has 2 atom stereocenters. The third-order valence-corrected chi connectivity index (χ3v) is 5.50. The summed E-state index contributed by atoms with van der Waals surface area (Å²) in [5.74, 6) is 0.475. The molecule has 0 radical (unpaired) electrons. The fourth-order valence-electron chi connectivity index (χ4n) is 4.05. The Hall–Kier alpha value is -3.00. The molecule has 8 nitrogen and oxygen atoms in total. The highest BCUT2D eigenvalue weighted by Gasteiger charge is 2.32. The van der Waals surface area contributed by atoms with Crippen LogP contribution in [0.5, 0.6) is 0 Å². The molecule has 1 fully saturated rings. The SMILES string of the molecule is O=c1cc2c(nn1C1COCC1Nc1cc(=O)n3ccccc3n1)CCCC2. The van der Waals surface area contributed by atoms with Crippen molar-refractivity contribution in [3.05, 3.63) is 68.5 Å². The fraction of sp³-hybridized carbons (Fsp3) is 0.400. The Kier molecular flexibility index (Phi) is 4.20. The van der Waals surface area contributed by atoms with Crippen LogP contribution in [0.4, 0.5) is 5.82 Å². The molecule has 2 unspecified atom stereocenters. The van der Waals surface area contributed by atoms with E-state index in [0.717, 1.165) is 36.9 Å². The van der Waals surface area contributed by atoms with Crippen LogP contribution in [0.15, 0.2) is 46.1 Å². The highest BCUT2D eigenvalue weighted by atomic mass is 16.5. The maximum absolute atomic E-state index is 12.7. The first kappa shape index (κ1) is 17.1. The van der Waals surface area contributed by atoms with E-state index in [9.17, 15) is 9.59 Å². The number of rotatable bonds is 3. The summed E-state index contributed by atoms with van der Waals surface area (Å²) >= 11 is 0. The van der Waals surface area contributed by atoms with Crippen molar-refractivity contribution in [3.8, 4) is 0 Å². The zero-order valence-electron chi connectivity index (χ0n) is 15.4. The molecule has 4 heterocycles. The van der Waals surface area contributed by atoms with Crippen LogP contribution in [-0.2, 0) is 17.6 Å². The van der Waals surface area contributed by atoms with Gasteiger partial charge in [-0.25, -0.2) is 9.67 Å². The molecule has 5 rings (SSSR count). The molecule has 0 spiro atoms. The number of ether oxygens (including phenoxy) is 1. The summed E-state index contributed by atoms with van der Waals surface area (Å²) in [6, 6.07) is 8.16. The van der Waals surface area contributed by atoms with Gasteiger partial charge < -0.3 is 10.1 Å². The van der Waals surface area contributed by atoms with E-state index in [-0.39, 0.29) is 23.2 Å². The average molecular weight is 379 g/mol. The van der Waals surface area contributed by atoms with Gasteiger partial charge >= 0.3 is 0 Å². The molecular weight excluding hydrogens is 358 g/mol. The van der Waals surface area contributed by atoms with Gasteiger partial charge in [0.15, 0.2) is 0 Å². The number of aromatic nitrogens is 4. The van der Waals surface area contributed by atoms with Gasteiger partial charge in [-0.2, -0.15) is 5.10 Å². The van der Waals surface area contributed by atoms with E-state index >= 15 is 0 Å². The van der Waals surface area contributed by atoms with Gasteiger partial charge in [0, 0.05) is 18.3 Å². The van der Waals surface area contributed by atoms with E-state index in [0.29, 0.717) is 24.7 Å². The van der Waals surface area contributed by atoms with Gasteiger partial charge in [-0.05, 0) is 43.4 Å². The van der Waals surface area contributed by atoms with Crippen molar-refractivity contribution in [2.75, 3.05) is 18.5 Å². The molecule has 0 amide bonds. The van der Waals surface area contributed by atoms with Gasteiger partial charge in [-0.3, -0.25) is 14.0 Å². The topological polar surface area (TPSA) is 90.5 Å². The summed E-state index contributed by atoms with van der Waals surface area (Å²) in [6.45, 7) is 0.821. The maximum atomic E-state index is 12.7. The van der Waals surface area contributed by atoms with Gasteiger partial charge in [-0.1, -0.05) is 6.07 Å². The zero-order valence-corrected chi connectivity index (χ0v) is 15.4. The van der Waals surface area contributed by atoms with Crippen molar-refractivity contribution in [1.29, 1.82) is 0 Å². The molecule has 1 aliphatic carbocycles. The zero-order chi connectivity index (χ0) is 19.1. The summed E-state index contributed by atoms with van der Waals surface area (Å²) in [7, 11) is 0. The minimum absolute atomic E-state index is 0.102. The molecule has 0 saturated carbocycles. The van der Waals surface area contributed by atoms with Crippen LogP contribution in [0, 0.1) is 0 Å². The lowest BCUT2D eigenvalue weighted by Crippen LogP contribution is -2.38. The van der Waals surface area contributed by atoms with Crippen LogP contribution in [0.2, 0.25) is 0 Å². The number of aryl methyl sites for hydroxylation is 2. The third kappa shape index (κ3) is 2.99. The van der Waals surface area contributed by atoms with Crippen LogP contribution in [0.1, 0.15) is 30.1 Å². The fourth-order valence-corrected chi connectivity index (χ4v) is 4.05. The maximum Gasteiger partial charge on any atom is 0.267 e. The summed E-state index contributed by atoms with van der Waals surface area (Å²) in [4.78, 5) is 29.5. The van der Waals surface area contributed by atoms with Gasteiger partial charge in [0.1, 0.15) is 17.5 Å². The van der Waals surface area contributed by atoms with E-state index in [2.05, 4.69) is 15.4 Å². The molecule has 144 valence electrons. The number of anilines is 1. The number of hydrogen-bond acceptors (Lipinski definition) is 6. The quantitative estimate of drug-likeness (QED) is 0.735. The molecule has 2 aliphatic rings. The van der Waals surface area contributed by atoms with Crippen LogP contribution in [0.3, 0.4) is 0 Å². The second-order valence-electron chi connectivity index (χ2n) is 7.37. The molecule has 1 saturated heterocycles. The predicted molar refractivity (Wildman–Crippen MR) is 104 cm³/mol. The molecule has 1 aliphatic heterocycles. The molecular formula is C20H21N5O3. The second kappa shape index (κ2) is 6.87. The number of pyridine rings is 1. The van der Waals surface area contributed by atoms with Gasteiger partial charge in [0.2, 0.25) is 0 Å². The van der Waals surface area contributed by atoms with Crippen molar-refractivity contribution in [2.45, 2.75) is 37.8 Å². The Morgan fingerprint density at radius 2 is 1.96 bits per heavy atom. The summed E-state index contributed by atoms with van der Waals surface area (Å²) < 4.78 is 8.67. The Morgan fingerprint density at radius 1 is 1.07 bits per heavy atom. The number of fused-ring (bicyclic) bond motifs is 2. The minimum Gasteiger partial charge on any atom is -0.377 e. The van der Waals surface area contributed by atoms with Crippen molar-refractivity contribution in [1.82, 2.24) is 19.2 Å². The normalized spacial score (nSPS) is 21.6. The first-order chi connectivity index (χ1) is 13.7. The number of hydrogen-bond donors (Lipinski definition) is 1. The molecule has 3 aromatic rings. The van der Waals surface area contributed by atoms with Gasteiger partial charge in [-0.15, -0.1) is 0 Å². The summed E-state index contributed by atoms with van der Waals surface area (Å²) in [6.07, 6.45) is 5.73. The number of nitrogens with zero attached hydrogens (tertiary/aromatic N) is 4. The standard InChI is InChI=1S/C20H21N5O3/c26-19-10-17(22-18-7-3-4-8-24(18)19)21-15-11-28-12-16(15)25-20(27)9-13-5-1-2-6-14(13)23-25/h3-4,7-10,15-16,21H,1-2,5-6,11-12H2. The lowest BCUT2D eigenvalue weighted by atomic mass is 9.97. The Labute approximate surface area is 160 Å². The highest BCUT2D eigenvalue weighted by Crippen LogP contribution is 2.23. The Bertz CT molecular complexity index is 1150. The summed E-state index contributed by atoms with van der Waals surface area (Å²) in [5.41, 5.74) is 2.39. The van der Waals surface area contributed by atoms with Crippen LogP contribution < -0.4 is 16.4 Å². The predicted octanol–water partition coefficient (Wildman–Crippen LogP) is 1.18. The lowest BCUT2D eigenvalue weighted by molar-refractivity contribution is 0.182. The molecule has 1 N–H and O–H groups in total. The van der Waals surface area contributed by atoms with E-state index in [1.807, 2.05) is 6.07 Å². The second-order valence-corrected chi connectivity index (χ2v) is 7.37. The molecule has 3 aromatic heterocycles. The Morgan fingerprint density at radius 3 is 2.89 bits per heavy atom. The van der Waals surface area contributed by atoms with Crippen LogP contribution in [0.25, 0.3) is 5.65 Å². The molecule has 0 aromatic carbocycles. The van der Waals surface area contributed by atoms with Crippen molar-refractivity contribution >= 4 is 11.5 Å². The lowest BCUT2D eigenvalue weighted by Gasteiger charge is -2.23. The van der Waals surface area contributed by atoms with Crippen molar-refractivity contribution < 1.29 is 4.74 Å². The largest absolute Gasteiger partial charge is 0.377 e. The molecule has 0 bridgehead atoms.